The quantitative estimate of drug-likeness (QED) is 0.792. The average Bonchev–Trinajstić information content (AvgIpc) is 3.29. The van der Waals surface area contributed by atoms with Gasteiger partial charge in [-0.3, -0.25) is 9.69 Å². The number of halogens is 2. The van der Waals surface area contributed by atoms with Crippen molar-refractivity contribution in [1.82, 2.24) is 10.2 Å². The third-order valence-electron chi connectivity index (χ3n) is 4.13. The van der Waals surface area contributed by atoms with Gasteiger partial charge in [-0.05, 0) is 61.6 Å². The van der Waals surface area contributed by atoms with Crippen molar-refractivity contribution < 1.29 is 13.9 Å². The molecule has 0 spiro atoms. The summed E-state index contributed by atoms with van der Waals surface area (Å²) in [6.45, 7) is 2.66. The Balaban J connectivity index is 0.00000225. The first-order valence-corrected chi connectivity index (χ1v) is 9.03. The summed E-state index contributed by atoms with van der Waals surface area (Å²) < 4.78 is 18.2. The van der Waals surface area contributed by atoms with Crippen LogP contribution in [0, 0.1) is 5.82 Å². The molecule has 1 saturated heterocycles. The van der Waals surface area contributed by atoms with Gasteiger partial charge in [-0.15, -0.1) is 23.7 Å². The smallest absolute Gasteiger partial charge is 0.258 e. The maximum atomic E-state index is 12.8. The third-order valence-corrected chi connectivity index (χ3v) is 5.10. The van der Waals surface area contributed by atoms with E-state index in [2.05, 4.69) is 21.7 Å². The highest BCUT2D eigenvalue weighted by Crippen LogP contribution is 2.27. The van der Waals surface area contributed by atoms with Crippen molar-refractivity contribution in [3.8, 4) is 5.75 Å². The van der Waals surface area contributed by atoms with Gasteiger partial charge in [0.05, 0.1) is 6.04 Å². The number of carbonyl (C=O) groups is 1. The Hall–Kier alpha value is -1.63. The molecule has 2 heterocycles. The monoisotopic (exact) mass is 384 g/mol. The predicted octanol–water partition coefficient (Wildman–Crippen LogP) is 3.64. The van der Waals surface area contributed by atoms with E-state index in [1.165, 1.54) is 42.0 Å². The van der Waals surface area contributed by atoms with Crippen LogP contribution in [0.25, 0.3) is 0 Å². The molecule has 25 heavy (non-hydrogen) atoms. The Kier molecular flexibility index (Phi) is 7.68. The van der Waals surface area contributed by atoms with E-state index < -0.39 is 0 Å². The van der Waals surface area contributed by atoms with Gasteiger partial charge in [0.25, 0.3) is 5.91 Å². The van der Waals surface area contributed by atoms with Crippen molar-refractivity contribution in [3.63, 3.8) is 0 Å². The number of likely N-dealkylation sites (tertiary alicyclic amines) is 1. The Morgan fingerprint density at radius 1 is 1.24 bits per heavy atom. The zero-order valence-electron chi connectivity index (χ0n) is 13.8. The van der Waals surface area contributed by atoms with Crippen LogP contribution < -0.4 is 10.1 Å². The van der Waals surface area contributed by atoms with Gasteiger partial charge >= 0.3 is 0 Å². The number of benzene rings is 1. The van der Waals surface area contributed by atoms with Crippen molar-refractivity contribution in [2.24, 2.45) is 0 Å². The number of carbonyl (C=O) groups excluding carboxylic acids is 1. The minimum atomic E-state index is -0.323. The second-order valence-electron chi connectivity index (χ2n) is 5.82. The largest absolute Gasteiger partial charge is 0.484 e. The van der Waals surface area contributed by atoms with Crippen molar-refractivity contribution in [3.05, 3.63) is 52.5 Å². The van der Waals surface area contributed by atoms with Gasteiger partial charge in [0, 0.05) is 11.4 Å². The molecule has 1 fully saturated rings. The molecule has 136 valence electrons. The van der Waals surface area contributed by atoms with Gasteiger partial charge in [0.1, 0.15) is 11.6 Å². The van der Waals surface area contributed by atoms with Crippen LogP contribution in [0.15, 0.2) is 41.8 Å². The molecule has 3 rings (SSSR count). The third kappa shape index (κ3) is 5.70. The molecule has 1 amide bonds. The van der Waals surface area contributed by atoms with Crippen molar-refractivity contribution >= 4 is 29.7 Å². The van der Waals surface area contributed by atoms with Crippen LogP contribution >= 0.6 is 23.7 Å². The second-order valence-corrected chi connectivity index (χ2v) is 6.80. The van der Waals surface area contributed by atoms with Crippen LogP contribution in [0.4, 0.5) is 4.39 Å². The Morgan fingerprint density at radius 2 is 1.96 bits per heavy atom. The molecule has 0 saturated carbocycles. The number of nitrogens with one attached hydrogen (secondary N) is 1. The van der Waals surface area contributed by atoms with E-state index in [4.69, 9.17) is 4.74 Å². The van der Waals surface area contributed by atoms with Gasteiger partial charge in [-0.25, -0.2) is 4.39 Å². The van der Waals surface area contributed by atoms with E-state index >= 15 is 0 Å². The van der Waals surface area contributed by atoms with E-state index in [9.17, 15) is 9.18 Å². The van der Waals surface area contributed by atoms with Gasteiger partial charge in [0.15, 0.2) is 6.61 Å². The first-order valence-electron chi connectivity index (χ1n) is 8.15. The van der Waals surface area contributed by atoms with E-state index in [1.807, 2.05) is 6.07 Å². The topological polar surface area (TPSA) is 41.6 Å². The van der Waals surface area contributed by atoms with Crippen LogP contribution in [0.3, 0.4) is 0 Å². The fraction of sp³-hybridized carbons (Fsp3) is 0.389. The lowest BCUT2D eigenvalue weighted by atomic mass is 10.2. The maximum Gasteiger partial charge on any atom is 0.258 e. The summed E-state index contributed by atoms with van der Waals surface area (Å²) in [6.07, 6.45) is 2.42. The molecule has 0 aliphatic carbocycles. The molecule has 1 aliphatic rings. The molecule has 1 N–H and O–H groups in total. The van der Waals surface area contributed by atoms with Gasteiger partial charge in [-0.2, -0.15) is 0 Å². The molecule has 0 bridgehead atoms. The van der Waals surface area contributed by atoms with Crippen molar-refractivity contribution in [2.75, 3.05) is 26.2 Å². The summed E-state index contributed by atoms with van der Waals surface area (Å²) in [6, 6.07) is 10.0. The molecule has 7 heteroatoms. The minimum absolute atomic E-state index is 0. The molecule has 0 radical (unpaired) electrons. The van der Waals surface area contributed by atoms with E-state index in [0.717, 1.165) is 13.1 Å². The number of hydrogen-bond donors (Lipinski definition) is 1. The van der Waals surface area contributed by atoms with Crippen molar-refractivity contribution in [1.29, 1.82) is 0 Å². The average molecular weight is 385 g/mol. The molecule has 4 nitrogen and oxygen atoms in total. The number of amides is 1. The number of ether oxygens (including phenoxy) is 1. The fourth-order valence-corrected chi connectivity index (χ4v) is 3.75. The summed E-state index contributed by atoms with van der Waals surface area (Å²) >= 11 is 1.72. The molecular weight excluding hydrogens is 363 g/mol. The lowest BCUT2D eigenvalue weighted by molar-refractivity contribution is -0.123. The lowest BCUT2D eigenvalue weighted by Crippen LogP contribution is -2.38. The summed E-state index contributed by atoms with van der Waals surface area (Å²) in [5.41, 5.74) is 0. The molecule has 2 aromatic rings. The second kappa shape index (κ2) is 9.75. The van der Waals surface area contributed by atoms with Crippen LogP contribution in [-0.4, -0.2) is 37.0 Å². The highest BCUT2D eigenvalue weighted by molar-refractivity contribution is 7.10. The Morgan fingerprint density at radius 3 is 2.60 bits per heavy atom. The summed E-state index contributed by atoms with van der Waals surface area (Å²) in [4.78, 5) is 15.7. The van der Waals surface area contributed by atoms with Crippen LogP contribution in [0.5, 0.6) is 5.75 Å². The van der Waals surface area contributed by atoms with Crippen molar-refractivity contribution in [2.45, 2.75) is 18.9 Å². The summed E-state index contributed by atoms with van der Waals surface area (Å²) in [5, 5.41) is 5.02. The first-order chi connectivity index (χ1) is 11.7. The SMILES string of the molecule is Cl.O=C(COc1ccc(F)cc1)NCC(c1cccs1)N1CCCC1. The summed E-state index contributed by atoms with van der Waals surface area (Å²) in [7, 11) is 0. The zero-order chi connectivity index (χ0) is 16.8. The predicted molar refractivity (Wildman–Crippen MR) is 100 cm³/mol. The zero-order valence-corrected chi connectivity index (χ0v) is 15.5. The molecular formula is C18H22ClFN2O2S. The highest BCUT2D eigenvalue weighted by atomic mass is 35.5. The summed E-state index contributed by atoms with van der Waals surface area (Å²) in [5.74, 6) is -0.00261. The fourth-order valence-electron chi connectivity index (χ4n) is 2.89. The number of nitrogens with zero attached hydrogens (tertiary/aromatic N) is 1. The molecule has 1 aliphatic heterocycles. The van der Waals surface area contributed by atoms with E-state index in [-0.39, 0.29) is 36.8 Å². The Bertz CT molecular complexity index is 646. The number of rotatable bonds is 7. The number of hydrogen-bond acceptors (Lipinski definition) is 4. The lowest BCUT2D eigenvalue weighted by Gasteiger charge is -2.26. The van der Waals surface area contributed by atoms with E-state index in [0.29, 0.717) is 12.3 Å². The van der Waals surface area contributed by atoms with Crippen LogP contribution in [0.2, 0.25) is 0 Å². The Labute approximate surface area is 157 Å². The maximum absolute atomic E-state index is 12.8. The first kappa shape index (κ1) is 19.7. The van der Waals surface area contributed by atoms with Gasteiger partial charge < -0.3 is 10.1 Å². The normalized spacial score (nSPS) is 15.4. The molecule has 1 unspecified atom stereocenters. The standard InChI is InChI=1S/C18H21FN2O2S.ClH/c19-14-5-7-15(8-6-14)23-13-18(22)20-12-16(17-4-3-11-24-17)21-9-1-2-10-21;/h3-8,11,16H,1-2,9-10,12-13H2,(H,20,22);1H. The van der Waals surface area contributed by atoms with E-state index in [1.54, 1.807) is 11.3 Å². The molecule has 1 aromatic carbocycles. The molecule has 1 atom stereocenters. The highest BCUT2D eigenvalue weighted by Gasteiger charge is 2.24. The minimum Gasteiger partial charge on any atom is -0.484 e. The van der Waals surface area contributed by atoms with Crippen LogP contribution in [0.1, 0.15) is 23.8 Å². The van der Waals surface area contributed by atoms with Crippen LogP contribution in [-0.2, 0) is 4.79 Å². The van der Waals surface area contributed by atoms with Gasteiger partial charge in [0.2, 0.25) is 0 Å². The molecule has 1 aromatic heterocycles. The number of thiophene rings is 1. The van der Waals surface area contributed by atoms with Gasteiger partial charge in [-0.1, -0.05) is 6.07 Å².